The summed E-state index contributed by atoms with van der Waals surface area (Å²) in [5, 5.41) is 0. The summed E-state index contributed by atoms with van der Waals surface area (Å²) in [6.07, 6.45) is 2.04. The fourth-order valence-electron chi connectivity index (χ4n) is 0.958. The molecule has 0 aliphatic rings. The van der Waals surface area contributed by atoms with Gasteiger partial charge in [-0.05, 0) is 24.3 Å². The molecule has 1 rings (SSSR count). The third-order valence-corrected chi connectivity index (χ3v) is 2.10. The minimum Gasteiger partial charge on any atom is -0.260 e. The average molecular weight is 197 g/mol. The van der Waals surface area contributed by atoms with Crippen LogP contribution in [-0.2, 0) is 6.54 Å². The highest BCUT2D eigenvalue weighted by atomic mass is 32.2. The molecule has 0 saturated carbocycles. The molecule has 0 spiro atoms. The summed E-state index contributed by atoms with van der Waals surface area (Å²) >= 11 is 1.66. The van der Waals surface area contributed by atoms with Crippen molar-refractivity contribution in [3.05, 3.63) is 35.4 Å². The van der Waals surface area contributed by atoms with E-state index in [1.165, 1.54) is 11.1 Å². The summed E-state index contributed by atoms with van der Waals surface area (Å²) < 4.78 is 3.22. The third kappa shape index (κ3) is 4.96. The Morgan fingerprint density at radius 3 is 2.38 bits per heavy atom. The molecule has 0 bridgehead atoms. The van der Waals surface area contributed by atoms with E-state index in [0.717, 1.165) is 6.54 Å². The molecule has 0 aromatic heterocycles. The van der Waals surface area contributed by atoms with Gasteiger partial charge in [0.25, 0.3) is 0 Å². The Bertz CT molecular complexity index is 223. The second-order valence-corrected chi connectivity index (χ2v) is 3.15. The Morgan fingerprint density at radius 2 is 1.85 bits per heavy atom. The van der Waals surface area contributed by atoms with E-state index in [2.05, 4.69) is 35.9 Å². The van der Waals surface area contributed by atoms with Crippen molar-refractivity contribution in [2.45, 2.75) is 27.3 Å². The van der Waals surface area contributed by atoms with Gasteiger partial charge in [0, 0.05) is 6.54 Å². The smallest absolute Gasteiger partial charge is 0.0312 e. The molecule has 1 N–H and O–H groups in total. The number of rotatable bonds is 3. The summed E-state index contributed by atoms with van der Waals surface area (Å²) in [6, 6.07) is 8.43. The summed E-state index contributed by atoms with van der Waals surface area (Å²) in [6.45, 7) is 7.09. The molecule has 1 aromatic rings. The van der Waals surface area contributed by atoms with Crippen molar-refractivity contribution in [3.8, 4) is 0 Å². The second-order valence-electron chi connectivity index (χ2n) is 2.45. The molecule has 0 radical (unpaired) electrons. The zero-order chi connectivity index (χ0) is 10.1. The van der Waals surface area contributed by atoms with Gasteiger partial charge in [-0.3, -0.25) is 4.72 Å². The predicted molar refractivity (Wildman–Crippen MR) is 62.9 cm³/mol. The molecule has 0 unspecified atom stereocenters. The fraction of sp³-hybridized carbons (Fsp3) is 0.455. The number of aryl methyl sites for hydroxylation is 1. The van der Waals surface area contributed by atoms with Crippen LogP contribution in [0.15, 0.2) is 24.3 Å². The Labute approximate surface area is 86.1 Å². The van der Waals surface area contributed by atoms with E-state index in [1.54, 1.807) is 11.9 Å². The maximum Gasteiger partial charge on any atom is 0.0312 e. The van der Waals surface area contributed by atoms with Gasteiger partial charge in [-0.1, -0.05) is 50.1 Å². The van der Waals surface area contributed by atoms with E-state index in [4.69, 9.17) is 0 Å². The lowest BCUT2D eigenvalue weighted by Crippen LogP contribution is -2.03. The van der Waals surface area contributed by atoms with Gasteiger partial charge in [-0.2, -0.15) is 0 Å². The number of hydrogen-bond donors (Lipinski definition) is 1. The molecule has 0 atom stereocenters. The molecule has 0 fully saturated rings. The lowest BCUT2D eigenvalue weighted by molar-refractivity contribution is 0.966. The fourth-order valence-corrected chi connectivity index (χ4v) is 1.26. The van der Waals surface area contributed by atoms with E-state index in [0.29, 0.717) is 0 Å². The SMILES string of the molecule is CC.CSNCc1ccccc1C. The van der Waals surface area contributed by atoms with Crippen LogP contribution in [0.25, 0.3) is 0 Å². The topological polar surface area (TPSA) is 12.0 Å². The Hall–Kier alpha value is -0.470. The van der Waals surface area contributed by atoms with E-state index in [1.807, 2.05) is 20.1 Å². The van der Waals surface area contributed by atoms with Crippen LogP contribution in [-0.4, -0.2) is 6.26 Å². The van der Waals surface area contributed by atoms with Crippen molar-refractivity contribution in [1.29, 1.82) is 0 Å². The van der Waals surface area contributed by atoms with Crippen LogP contribution in [0.2, 0.25) is 0 Å². The van der Waals surface area contributed by atoms with Crippen LogP contribution in [0.5, 0.6) is 0 Å². The van der Waals surface area contributed by atoms with Crippen LogP contribution >= 0.6 is 11.9 Å². The van der Waals surface area contributed by atoms with Crippen LogP contribution in [0.4, 0.5) is 0 Å². The first-order chi connectivity index (χ1) is 6.34. The summed E-state index contributed by atoms with van der Waals surface area (Å²) in [4.78, 5) is 0. The number of hydrogen-bond acceptors (Lipinski definition) is 2. The van der Waals surface area contributed by atoms with Crippen LogP contribution in [0.3, 0.4) is 0 Å². The zero-order valence-corrected chi connectivity index (χ0v) is 9.74. The molecule has 0 aliphatic heterocycles. The highest BCUT2D eigenvalue weighted by Crippen LogP contribution is 2.06. The molecule has 74 valence electrons. The molecule has 0 heterocycles. The molecule has 0 aliphatic carbocycles. The average Bonchev–Trinajstić information content (AvgIpc) is 2.20. The van der Waals surface area contributed by atoms with E-state index >= 15 is 0 Å². The molecule has 0 amide bonds. The highest BCUT2D eigenvalue weighted by molar-refractivity contribution is 7.96. The van der Waals surface area contributed by atoms with Crippen molar-refractivity contribution in [2.24, 2.45) is 0 Å². The molecule has 0 saturated heterocycles. The minimum atomic E-state index is 0.952. The zero-order valence-electron chi connectivity index (χ0n) is 8.92. The third-order valence-electron chi connectivity index (χ3n) is 1.67. The molecule has 13 heavy (non-hydrogen) atoms. The molecular formula is C11H19NS. The lowest BCUT2D eigenvalue weighted by atomic mass is 10.1. The first kappa shape index (κ1) is 12.5. The molecule has 2 heteroatoms. The van der Waals surface area contributed by atoms with Crippen molar-refractivity contribution >= 4 is 11.9 Å². The molecule has 1 aromatic carbocycles. The van der Waals surface area contributed by atoms with Crippen molar-refractivity contribution in [2.75, 3.05) is 6.26 Å². The lowest BCUT2D eigenvalue weighted by Gasteiger charge is -2.03. The van der Waals surface area contributed by atoms with Gasteiger partial charge in [-0.15, -0.1) is 0 Å². The summed E-state index contributed by atoms with van der Waals surface area (Å²) in [5.74, 6) is 0. The first-order valence-electron chi connectivity index (χ1n) is 4.65. The van der Waals surface area contributed by atoms with Gasteiger partial charge in [-0.25, -0.2) is 0 Å². The van der Waals surface area contributed by atoms with Gasteiger partial charge < -0.3 is 0 Å². The van der Waals surface area contributed by atoms with Crippen molar-refractivity contribution < 1.29 is 0 Å². The van der Waals surface area contributed by atoms with E-state index < -0.39 is 0 Å². The van der Waals surface area contributed by atoms with Crippen molar-refractivity contribution in [1.82, 2.24) is 4.72 Å². The normalized spacial score (nSPS) is 8.92. The maximum atomic E-state index is 3.22. The van der Waals surface area contributed by atoms with Gasteiger partial charge in [0.15, 0.2) is 0 Å². The largest absolute Gasteiger partial charge is 0.260 e. The summed E-state index contributed by atoms with van der Waals surface area (Å²) in [7, 11) is 0. The van der Waals surface area contributed by atoms with E-state index in [9.17, 15) is 0 Å². The van der Waals surface area contributed by atoms with Gasteiger partial charge >= 0.3 is 0 Å². The van der Waals surface area contributed by atoms with Crippen LogP contribution in [0, 0.1) is 6.92 Å². The highest BCUT2D eigenvalue weighted by Gasteiger charge is 1.93. The van der Waals surface area contributed by atoms with Gasteiger partial charge in [0.1, 0.15) is 0 Å². The molecule has 1 nitrogen and oxygen atoms in total. The maximum absolute atomic E-state index is 3.22. The minimum absolute atomic E-state index is 0.952. The predicted octanol–water partition coefficient (Wildman–Crippen LogP) is 3.39. The standard InChI is InChI=1S/C9H13NS.C2H6/c1-8-5-3-4-6-9(8)7-10-11-2;1-2/h3-6,10H,7H2,1-2H3;1-2H3. The Kier molecular flexibility index (Phi) is 7.85. The first-order valence-corrected chi connectivity index (χ1v) is 5.87. The Balaban J connectivity index is 0.000000671. The number of nitrogens with one attached hydrogen (secondary N) is 1. The summed E-state index contributed by atoms with van der Waals surface area (Å²) in [5.41, 5.74) is 2.73. The van der Waals surface area contributed by atoms with Gasteiger partial charge in [0.2, 0.25) is 0 Å². The quantitative estimate of drug-likeness (QED) is 0.745. The van der Waals surface area contributed by atoms with Crippen molar-refractivity contribution in [3.63, 3.8) is 0 Å². The van der Waals surface area contributed by atoms with Crippen LogP contribution < -0.4 is 4.72 Å². The second kappa shape index (κ2) is 8.14. The monoisotopic (exact) mass is 197 g/mol. The molecular weight excluding hydrogens is 178 g/mol. The van der Waals surface area contributed by atoms with E-state index in [-0.39, 0.29) is 0 Å². The number of benzene rings is 1. The van der Waals surface area contributed by atoms with Gasteiger partial charge in [0.05, 0.1) is 0 Å². The van der Waals surface area contributed by atoms with Crippen LogP contribution in [0.1, 0.15) is 25.0 Å². The Morgan fingerprint density at radius 1 is 1.23 bits per heavy atom.